The third-order valence-electron chi connectivity index (χ3n) is 3.97. The quantitative estimate of drug-likeness (QED) is 0.761. The van der Waals surface area contributed by atoms with Crippen LogP contribution in [-0.2, 0) is 9.59 Å². The number of likely N-dealkylation sites (tertiary alicyclic amines) is 1. The second-order valence-corrected chi connectivity index (χ2v) is 5.26. The maximum absolute atomic E-state index is 12.4. The minimum Gasteiger partial charge on any atom is -0.481 e. The predicted octanol–water partition coefficient (Wildman–Crippen LogP) is 0.724. The Morgan fingerprint density at radius 1 is 1.29 bits per heavy atom. The zero-order valence-corrected chi connectivity index (χ0v) is 10.0. The Kier molecular flexibility index (Phi) is 3.38. The number of carboxylic acid groups (broad SMARTS) is 1. The first kappa shape index (κ1) is 12.4. The fraction of sp³-hybridized carbons (Fsp3) is 0.833. The maximum Gasteiger partial charge on any atom is 0.305 e. The Balaban J connectivity index is 2.05. The van der Waals surface area contributed by atoms with Gasteiger partial charge in [0, 0.05) is 12.6 Å². The topological polar surface area (TPSA) is 83.6 Å². The third-order valence-corrected chi connectivity index (χ3v) is 3.97. The number of carboxylic acids is 1. The van der Waals surface area contributed by atoms with Crippen LogP contribution in [0.2, 0.25) is 0 Å². The first-order valence-electron chi connectivity index (χ1n) is 6.35. The summed E-state index contributed by atoms with van der Waals surface area (Å²) in [5.41, 5.74) is 5.42. The lowest BCUT2D eigenvalue weighted by atomic mass is 9.96. The Morgan fingerprint density at radius 3 is 2.53 bits per heavy atom. The summed E-state index contributed by atoms with van der Waals surface area (Å²) in [6, 6.07) is -0.152. The number of carbonyl (C=O) groups excluding carboxylic acids is 1. The highest BCUT2D eigenvalue weighted by atomic mass is 16.4. The van der Waals surface area contributed by atoms with E-state index in [0.717, 1.165) is 38.5 Å². The van der Waals surface area contributed by atoms with Crippen LogP contribution in [-0.4, -0.2) is 40.0 Å². The van der Waals surface area contributed by atoms with Gasteiger partial charge in [0.25, 0.3) is 0 Å². The molecule has 1 aliphatic heterocycles. The van der Waals surface area contributed by atoms with E-state index in [2.05, 4.69) is 0 Å². The molecule has 0 aromatic rings. The Morgan fingerprint density at radius 2 is 1.94 bits per heavy atom. The number of amides is 1. The Bertz CT molecular complexity index is 324. The molecular weight excluding hydrogens is 220 g/mol. The molecule has 1 aliphatic carbocycles. The van der Waals surface area contributed by atoms with Crippen molar-refractivity contribution in [3.8, 4) is 0 Å². The van der Waals surface area contributed by atoms with E-state index in [-0.39, 0.29) is 18.4 Å². The fourth-order valence-electron chi connectivity index (χ4n) is 3.02. The molecule has 17 heavy (non-hydrogen) atoms. The summed E-state index contributed by atoms with van der Waals surface area (Å²) in [5, 5.41) is 8.83. The van der Waals surface area contributed by atoms with Gasteiger partial charge in [0.15, 0.2) is 0 Å². The molecule has 1 amide bonds. The van der Waals surface area contributed by atoms with Gasteiger partial charge in [0.05, 0.1) is 12.0 Å². The van der Waals surface area contributed by atoms with E-state index in [4.69, 9.17) is 10.8 Å². The number of nitrogens with two attached hydrogens (primary N) is 1. The molecule has 3 N–H and O–H groups in total. The lowest BCUT2D eigenvalue weighted by molar-refractivity contribution is -0.142. The second-order valence-electron chi connectivity index (χ2n) is 5.26. The molecule has 5 nitrogen and oxygen atoms in total. The van der Waals surface area contributed by atoms with Crippen molar-refractivity contribution < 1.29 is 14.7 Å². The van der Waals surface area contributed by atoms with Crippen LogP contribution in [0.1, 0.15) is 44.9 Å². The van der Waals surface area contributed by atoms with Crippen molar-refractivity contribution in [3.63, 3.8) is 0 Å². The molecule has 1 saturated carbocycles. The van der Waals surface area contributed by atoms with Crippen LogP contribution in [0.4, 0.5) is 0 Å². The molecule has 0 aromatic carbocycles. The number of hydrogen-bond donors (Lipinski definition) is 2. The molecule has 1 unspecified atom stereocenters. The molecule has 0 bridgehead atoms. The molecule has 2 rings (SSSR count). The molecule has 96 valence electrons. The first-order valence-corrected chi connectivity index (χ1v) is 6.35. The predicted molar refractivity (Wildman–Crippen MR) is 62.4 cm³/mol. The molecule has 0 radical (unpaired) electrons. The van der Waals surface area contributed by atoms with E-state index in [1.807, 2.05) is 0 Å². The maximum atomic E-state index is 12.4. The van der Waals surface area contributed by atoms with Crippen molar-refractivity contribution in [2.45, 2.75) is 56.5 Å². The van der Waals surface area contributed by atoms with Crippen LogP contribution in [0.5, 0.6) is 0 Å². The number of rotatable bonds is 3. The Labute approximate surface area is 101 Å². The van der Waals surface area contributed by atoms with E-state index < -0.39 is 11.5 Å². The van der Waals surface area contributed by atoms with Crippen LogP contribution < -0.4 is 5.73 Å². The SMILES string of the molecule is NC1(C(=O)N2CCCC2CC(=O)O)CCCC1. The molecule has 2 fully saturated rings. The molecule has 1 atom stereocenters. The zero-order chi connectivity index (χ0) is 12.5. The number of hydrogen-bond acceptors (Lipinski definition) is 3. The number of aliphatic carboxylic acids is 1. The van der Waals surface area contributed by atoms with E-state index >= 15 is 0 Å². The highest BCUT2D eigenvalue weighted by molar-refractivity contribution is 5.87. The average molecular weight is 240 g/mol. The molecule has 2 aliphatic rings. The molecule has 1 saturated heterocycles. The molecule has 0 spiro atoms. The first-order chi connectivity index (χ1) is 8.03. The lowest BCUT2D eigenvalue weighted by Crippen LogP contribution is -2.55. The van der Waals surface area contributed by atoms with Crippen LogP contribution >= 0.6 is 0 Å². The van der Waals surface area contributed by atoms with Gasteiger partial charge in [-0.05, 0) is 25.7 Å². The van der Waals surface area contributed by atoms with Crippen LogP contribution in [0.25, 0.3) is 0 Å². The highest BCUT2D eigenvalue weighted by Crippen LogP contribution is 2.32. The largest absolute Gasteiger partial charge is 0.481 e. The van der Waals surface area contributed by atoms with E-state index in [1.165, 1.54) is 0 Å². The summed E-state index contributed by atoms with van der Waals surface area (Å²) in [5.74, 6) is -0.869. The lowest BCUT2D eigenvalue weighted by Gasteiger charge is -2.32. The summed E-state index contributed by atoms with van der Waals surface area (Å²) < 4.78 is 0. The van der Waals surface area contributed by atoms with Crippen LogP contribution in [0.15, 0.2) is 0 Å². The summed E-state index contributed by atoms with van der Waals surface area (Å²) in [4.78, 5) is 24.8. The summed E-state index contributed by atoms with van der Waals surface area (Å²) >= 11 is 0. The van der Waals surface area contributed by atoms with E-state index in [9.17, 15) is 9.59 Å². The van der Waals surface area contributed by atoms with E-state index in [0.29, 0.717) is 6.54 Å². The van der Waals surface area contributed by atoms with Crippen molar-refractivity contribution in [2.75, 3.05) is 6.54 Å². The smallest absolute Gasteiger partial charge is 0.305 e. The normalized spacial score (nSPS) is 27.4. The summed E-state index contributed by atoms with van der Waals surface area (Å²) in [6.45, 7) is 0.662. The number of carbonyl (C=O) groups is 2. The molecule has 5 heteroatoms. The van der Waals surface area contributed by atoms with Gasteiger partial charge in [-0.15, -0.1) is 0 Å². The average Bonchev–Trinajstić information content (AvgIpc) is 2.86. The molecule has 0 aromatic heterocycles. The van der Waals surface area contributed by atoms with Crippen molar-refractivity contribution in [1.82, 2.24) is 4.90 Å². The van der Waals surface area contributed by atoms with Gasteiger partial charge in [-0.25, -0.2) is 0 Å². The van der Waals surface area contributed by atoms with Gasteiger partial charge in [-0.1, -0.05) is 12.8 Å². The second kappa shape index (κ2) is 4.64. The minimum absolute atomic E-state index is 0.0289. The summed E-state index contributed by atoms with van der Waals surface area (Å²) in [7, 11) is 0. The fourth-order valence-corrected chi connectivity index (χ4v) is 3.02. The van der Waals surface area contributed by atoms with Crippen molar-refractivity contribution >= 4 is 11.9 Å². The van der Waals surface area contributed by atoms with Crippen molar-refractivity contribution in [1.29, 1.82) is 0 Å². The minimum atomic E-state index is -0.841. The van der Waals surface area contributed by atoms with Gasteiger partial charge in [-0.2, -0.15) is 0 Å². The summed E-state index contributed by atoms with van der Waals surface area (Å²) in [6.07, 6.45) is 5.19. The highest BCUT2D eigenvalue weighted by Gasteiger charge is 2.43. The van der Waals surface area contributed by atoms with Gasteiger partial charge >= 0.3 is 5.97 Å². The van der Waals surface area contributed by atoms with Gasteiger partial charge in [-0.3, -0.25) is 9.59 Å². The standard InChI is InChI=1S/C12H20N2O3/c13-12(5-1-2-6-12)11(17)14-7-3-4-9(14)8-10(15)16/h9H,1-8,13H2,(H,15,16). The van der Waals surface area contributed by atoms with Crippen molar-refractivity contribution in [3.05, 3.63) is 0 Å². The van der Waals surface area contributed by atoms with Gasteiger partial charge in [0.2, 0.25) is 5.91 Å². The molecular formula is C12H20N2O3. The third kappa shape index (κ3) is 2.44. The van der Waals surface area contributed by atoms with Crippen LogP contribution in [0, 0.1) is 0 Å². The zero-order valence-electron chi connectivity index (χ0n) is 10.0. The van der Waals surface area contributed by atoms with E-state index in [1.54, 1.807) is 4.90 Å². The van der Waals surface area contributed by atoms with Gasteiger partial charge in [0.1, 0.15) is 0 Å². The monoisotopic (exact) mass is 240 g/mol. The van der Waals surface area contributed by atoms with Crippen LogP contribution in [0.3, 0.4) is 0 Å². The van der Waals surface area contributed by atoms with Crippen molar-refractivity contribution in [2.24, 2.45) is 5.73 Å². The molecule has 1 heterocycles. The van der Waals surface area contributed by atoms with Gasteiger partial charge < -0.3 is 15.7 Å². The Hall–Kier alpha value is -1.10. The number of nitrogens with zero attached hydrogens (tertiary/aromatic N) is 1.